The summed E-state index contributed by atoms with van der Waals surface area (Å²) in [5, 5.41) is 0. The van der Waals surface area contributed by atoms with E-state index in [1.807, 2.05) is 13.0 Å². The normalized spacial score (nSPS) is 13.7. The molecule has 0 aliphatic heterocycles. The van der Waals surface area contributed by atoms with Crippen molar-refractivity contribution in [2.75, 3.05) is 14.1 Å². The second-order valence-corrected chi connectivity index (χ2v) is 4.10. The summed E-state index contributed by atoms with van der Waals surface area (Å²) >= 11 is 0. The van der Waals surface area contributed by atoms with E-state index < -0.39 is 0 Å². The van der Waals surface area contributed by atoms with Crippen molar-refractivity contribution in [3.63, 3.8) is 0 Å². The summed E-state index contributed by atoms with van der Waals surface area (Å²) in [7, 11) is 4.14. The van der Waals surface area contributed by atoms with Crippen molar-refractivity contribution >= 4 is 11.1 Å². The molecule has 0 bridgehead atoms. The van der Waals surface area contributed by atoms with Gasteiger partial charge in [0.1, 0.15) is 5.52 Å². The largest absolute Gasteiger partial charge is 0.441 e. The van der Waals surface area contributed by atoms with Crippen molar-refractivity contribution in [3.8, 4) is 0 Å². The zero-order valence-electron chi connectivity index (χ0n) is 9.61. The van der Waals surface area contributed by atoms with Crippen LogP contribution < -0.4 is 0 Å². The minimum absolute atomic E-state index is 0.389. The van der Waals surface area contributed by atoms with E-state index in [-0.39, 0.29) is 0 Å². The van der Waals surface area contributed by atoms with Crippen molar-refractivity contribution < 1.29 is 4.42 Å². The Hall–Kier alpha value is -1.35. The Bertz CT molecular complexity index is 473. The Balaban J connectivity index is 2.46. The van der Waals surface area contributed by atoms with Gasteiger partial charge in [-0.1, -0.05) is 6.07 Å². The second kappa shape index (κ2) is 3.66. The summed E-state index contributed by atoms with van der Waals surface area (Å²) in [5.74, 6) is 0.722. The number of aryl methyl sites for hydroxylation is 1. The van der Waals surface area contributed by atoms with E-state index >= 15 is 0 Å². The molecule has 1 aromatic heterocycles. The first-order valence-electron chi connectivity index (χ1n) is 5.11. The van der Waals surface area contributed by atoms with Crippen LogP contribution in [0.2, 0.25) is 0 Å². The maximum absolute atomic E-state index is 5.51. The quantitative estimate of drug-likeness (QED) is 0.753. The molecule has 0 saturated carbocycles. The summed E-state index contributed by atoms with van der Waals surface area (Å²) in [4.78, 5) is 6.45. The third kappa shape index (κ3) is 1.88. The monoisotopic (exact) mass is 204 g/mol. The summed E-state index contributed by atoms with van der Waals surface area (Å²) < 4.78 is 5.51. The molecule has 1 unspecified atom stereocenters. The van der Waals surface area contributed by atoms with Crippen molar-refractivity contribution in [1.82, 2.24) is 9.88 Å². The summed E-state index contributed by atoms with van der Waals surface area (Å²) in [5.41, 5.74) is 3.06. The zero-order valence-corrected chi connectivity index (χ0v) is 9.61. The van der Waals surface area contributed by atoms with Gasteiger partial charge in [0.25, 0.3) is 0 Å². The van der Waals surface area contributed by atoms with E-state index in [9.17, 15) is 0 Å². The van der Waals surface area contributed by atoms with Crippen molar-refractivity contribution in [2.45, 2.75) is 19.9 Å². The number of rotatable bonds is 2. The van der Waals surface area contributed by atoms with E-state index in [0.29, 0.717) is 6.04 Å². The minimum atomic E-state index is 0.389. The van der Waals surface area contributed by atoms with Gasteiger partial charge < -0.3 is 9.32 Å². The topological polar surface area (TPSA) is 29.3 Å². The number of hydrogen-bond acceptors (Lipinski definition) is 3. The number of oxazole rings is 1. The molecule has 0 fully saturated rings. The molecule has 0 amide bonds. The number of aromatic nitrogens is 1. The van der Waals surface area contributed by atoms with Crippen molar-refractivity contribution in [1.29, 1.82) is 0 Å². The Morgan fingerprint density at radius 2 is 2.07 bits per heavy atom. The van der Waals surface area contributed by atoms with Crippen LogP contribution in [0.25, 0.3) is 11.1 Å². The van der Waals surface area contributed by atoms with Gasteiger partial charge >= 0.3 is 0 Å². The predicted octanol–water partition coefficient (Wildman–Crippen LogP) is 2.76. The van der Waals surface area contributed by atoms with Crippen molar-refractivity contribution in [2.24, 2.45) is 0 Å². The molecule has 80 valence electrons. The van der Waals surface area contributed by atoms with E-state index in [2.05, 4.69) is 43.0 Å². The van der Waals surface area contributed by atoms with Crippen LogP contribution in [0.4, 0.5) is 0 Å². The van der Waals surface area contributed by atoms with Crippen molar-refractivity contribution in [3.05, 3.63) is 29.7 Å². The van der Waals surface area contributed by atoms with Crippen LogP contribution >= 0.6 is 0 Å². The number of benzene rings is 1. The van der Waals surface area contributed by atoms with E-state index in [4.69, 9.17) is 4.42 Å². The van der Waals surface area contributed by atoms with Gasteiger partial charge in [-0.3, -0.25) is 0 Å². The first-order valence-corrected chi connectivity index (χ1v) is 5.11. The smallest absolute Gasteiger partial charge is 0.192 e. The molecule has 0 aliphatic carbocycles. The standard InChI is InChI=1S/C12H16N2O/c1-8(14(3)4)10-5-6-11-12(7-10)15-9(2)13-11/h5-8H,1-4H3. The molecule has 2 aromatic rings. The second-order valence-electron chi connectivity index (χ2n) is 4.10. The van der Waals surface area contributed by atoms with Crippen LogP contribution in [0, 0.1) is 6.92 Å². The van der Waals surface area contributed by atoms with Crippen LogP contribution in [-0.2, 0) is 0 Å². The molecular formula is C12H16N2O. The van der Waals surface area contributed by atoms with Gasteiger partial charge in [-0.2, -0.15) is 0 Å². The van der Waals surface area contributed by atoms with Crippen LogP contribution in [0.3, 0.4) is 0 Å². The third-order valence-electron chi connectivity index (χ3n) is 2.78. The molecule has 1 heterocycles. The van der Waals surface area contributed by atoms with Gasteiger partial charge in [0.15, 0.2) is 11.5 Å². The van der Waals surface area contributed by atoms with Crippen LogP contribution in [0.15, 0.2) is 22.6 Å². The van der Waals surface area contributed by atoms with E-state index in [1.54, 1.807) is 0 Å². The lowest BCUT2D eigenvalue weighted by molar-refractivity contribution is 0.321. The van der Waals surface area contributed by atoms with Crippen LogP contribution in [0.5, 0.6) is 0 Å². The van der Waals surface area contributed by atoms with Crippen LogP contribution in [-0.4, -0.2) is 24.0 Å². The maximum Gasteiger partial charge on any atom is 0.192 e. The molecule has 0 spiro atoms. The van der Waals surface area contributed by atoms with Gasteiger partial charge in [-0.05, 0) is 38.7 Å². The molecule has 1 atom stereocenters. The average Bonchev–Trinajstić information content (AvgIpc) is 2.55. The molecular weight excluding hydrogens is 188 g/mol. The van der Waals surface area contributed by atoms with E-state index in [0.717, 1.165) is 17.0 Å². The number of fused-ring (bicyclic) bond motifs is 1. The fourth-order valence-electron chi connectivity index (χ4n) is 1.61. The summed E-state index contributed by atoms with van der Waals surface area (Å²) in [6.07, 6.45) is 0. The van der Waals surface area contributed by atoms with Gasteiger partial charge in [-0.15, -0.1) is 0 Å². The lowest BCUT2D eigenvalue weighted by Crippen LogP contribution is -2.16. The Morgan fingerprint density at radius 1 is 1.33 bits per heavy atom. The zero-order chi connectivity index (χ0) is 11.0. The van der Waals surface area contributed by atoms with Gasteiger partial charge in [0.2, 0.25) is 0 Å². The molecule has 0 N–H and O–H groups in total. The van der Waals surface area contributed by atoms with Crippen LogP contribution in [0.1, 0.15) is 24.4 Å². The maximum atomic E-state index is 5.51. The molecule has 3 heteroatoms. The first-order chi connectivity index (χ1) is 7.08. The highest BCUT2D eigenvalue weighted by molar-refractivity contribution is 5.73. The van der Waals surface area contributed by atoms with E-state index in [1.165, 1.54) is 5.56 Å². The molecule has 2 rings (SSSR count). The lowest BCUT2D eigenvalue weighted by atomic mass is 10.1. The highest BCUT2D eigenvalue weighted by Crippen LogP contribution is 2.23. The van der Waals surface area contributed by atoms with Gasteiger partial charge in [-0.25, -0.2) is 4.98 Å². The number of nitrogens with zero attached hydrogens (tertiary/aromatic N) is 2. The molecule has 1 aromatic carbocycles. The first kappa shape index (κ1) is 10.2. The number of hydrogen-bond donors (Lipinski definition) is 0. The Kier molecular flexibility index (Phi) is 2.49. The summed E-state index contributed by atoms with van der Waals surface area (Å²) in [6, 6.07) is 6.58. The highest BCUT2D eigenvalue weighted by Gasteiger charge is 2.10. The lowest BCUT2D eigenvalue weighted by Gasteiger charge is -2.19. The van der Waals surface area contributed by atoms with Gasteiger partial charge in [0.05, 0.1) is 0 Å². The fraction of sp³-hybridized carbons (Fsp3) is 0.417. The SMILES string of the molecule is Cc1nc2ccc(C(C)N(C)C)cc2o1. The minimum Gasteiger partial charge on any atom is -0.441 e. The third-order valence-corrected chi connectivity index (χ3v) is 2.78. The Morgan fingerprint density at radius 3 is 2.73 bits per heavy atom. The molecule has 0 saturated heterocycles. The predicted molar refractivity (Wildman–Crippen MR) is 60.8 cm³/mol. The molecule has 15 heavy (non-hydrogen) atoms. The summed E-state index contributed by atoms with van der Waals surface area (Å²) in [6.45, 7) is 4.04. The molecule has 0 radical (unpaired) electrons. The highest BCUT2D eigenvalue weighted by atomic mass is 16.3. The molecule has 3 nitrogen and oxygen atoms in total. The molecule has 0 aliphatic rings. The van der Waals surface area contributed by atoms with Gasteiger partial charge in [0, 0.05) is 13.0 Å². The average molecular weight is 204 g/mol. The Labute approximate surface area is 89.7 Å². The fourth-order valence-corrected chi connectivity index (χ4v) is 1.61.